The molecular formula is C13H15NO2S. The minimum Gasteiger partial charge on any atom is -0.465 e. The van der Waals surface area contributed by atoms with Crippen molar-refractivity contribution in [3.8, 4) is 6.07 Å². The molecule has 0 spiro atoms. The van der Waals surface area contributed by atoms with Gasteiger partial charge in [-0.1, -0.05) is 19.1 Å². The minimum atomic E-state index is -0.173. The maximum Gasteiger partial charge on any atom is 0.315 e. The Kier molecular flexibility index (Phi) is 6.19. The SMILES string of the molecule is CCCOC(=O)CSCc1cccc(C#N)c1. The zero-order valence-corrected chi connectivity index (χ0v) is 10.6. The Morgan fingerprint density at radius 1 is 1.53 bits per heavy atom. The summed E-state index contributed by atoms with van der Waals surface area (Å²) in [5.41, 5.74) is 1.70. The van der Waals surface area contributed by atoms with Crippen LogP contribution in [0.1, 0.15) is 24.5 Å². The Balaban J connectivity index is 2.31. The van der Waals surface area contributed by atoms with Gasteiger partial charge in [0.2, 0.25) is 0 Å². The Morgan fingerprint density at radius 2 is 2.35 bits per heavy atom. The lowest BCUT2D eigenvalue weighted by Crippen LogP contribution is -2.07. The van der Waals surface area contributed by atoms with Crippen LogP contribution in [-0.2, 0) is 15.3 Å². The summed E-state index contributed by atoms with van der Waals surface area (Å²) in [5.74, 6) is 0.904. The van der Waals surface area contributed by atoms with E-state index in [0.29, 0.717) is 17.9 Å². The summed E-state index contributed by atoms with van der Waals surface area (Å²) in [6.07, 6.45) is 0.848. The molecule has 1 rings (SSSR count). The zero-order chi connectivity index (χ0) is 12.5. The van der Waals surface area contributed by atoms with Crippen LogP contribution in [0.3, 0.4) is 0 Å². The molecule has 1 aromatic rings. The first-order chi connectivity index (χ1) is 8.26. The summed E-state index contributed by atoms with van der Waals surface area (Å²) >= 11 is 1.50. The summed E-state index contributed by atoms with van der Waals surface area (Å²) in [7, 11) is 0. The highest BCUT2D eigenvalue weighted by atomic mass is 32.2. The number of hydrogen-bond donors (Lipinski definition) is 0. The number of esters is 1. The molecule has 0 amide bonds. The van der Waals surface area contributed by atoms with Crippen molar-refractivity contribution in [3.63, 3.8) is 0 Å². The van der Waals surface area contributed by atoms with Crippen LogP contribution in [0.5, 0.6) is 0 Å². The quantitative estimate of drug-likeness (QED) is 0.727. The van der Waals surface area contributed by atoms with Crippen molar-refractivity contribution >= 4 is 17.7 Å². The maximum absolute atomic E-state index is 11.2. The van der Waals surface area contributed by atoms with E-state index in [-0.39, 0.29) is 5.97 Å². The van der Waals surface area contributed by atoms with Gasteiger partial charge in [0.1, 0.15) is 0 Å². The van der Waals surface area contributed by atoms with Gasteiger partial charge in [0.05, 0.1) is 24.0 Å². The molecule has 0 aromatic heterocycles. The number of thioether (sulfide) groups is 1. The number of benzene rings is 1. The summed E-state index contributed by atoms with van der Waals surface area (Å²) in [4.78, 5) is 11.2. The lowest BCUT2D eigenvalue weighted by Gasteiger charge is -2.03. The second kappa shape index (κ2) is 7.75. The fourth-order valence-electron chi connectivity index (χ4n) is 1.24. The van der Waals surface area contributed by atoms with E-state index >= 15 is 0 Å². The number of nitrogens with zero attached hydrogens (tertiary/aromatic N) is 1. The van der Waals surface area contributed by atoms with Crippen LogP contribution in [0, 0.1) is 11.3 Å². The lowest BCUT2D eigenvalue weighted by atomic mass is 10.2. The molecule has 4 heteroatoms. The first kappa shape index (κ1) is 13.6. The molecule has 3 nitrogen and oxygen atoms in total. The number of nitriles is 1. The van der Waals surface area contributed by atoms with Crippen LogP contribution in [0.4, 0.5) is 0 Å². The molecule has 0 unspecified atom stereocenters. The maximum atomic E-state index is 11.2. The van der Waals surface area contributed by atoms with E-state index < -0.39 is 0 Å². The van der Waals surface area contributed by atoms with Gasteiger partial charge >= 0.3 is 5.97 Å². The van der Waals surface area contributed by atoms with E-state index in [2.05, 4.69) is 6.07 Å². The molecule has 0 radical (unpaired) electrons. The fraction of sp³-hybridized carbons (Fsp3) is 0.385. The van der Waals surface area contributed by atoms with Gasteiger partial charge < -0.3 is 4.74 Å². The first-order valence-electron chi connectivity index (χ1n) is 5.48. The summed E-state index contributed by atoms with van der Waals surface area (Å²) in [5, 5.41) is 8.74. The van der Waals surface area contributed by atoms with Crippen molar-refractivity contribution in [2.24, 2.45) is 0 Å². The van der Waals surface area contributed by atoms with Gasteiger partial charge in [-0.25, -0.2) is 0 Å². The number of ether oxygens (including phenoxy) is 1. The Morgan fingerprint density at radius 3 is 3.06 bits per heavy atom. The molecule has 0 aliphatic heterocycles. The molecule has 90 valence electrons. The van der Waals surface area contributed by atoms with Gasteiger partial charge in [0, 0.05) is 5.75 Å². The van der Waals surface area contributed by atoms with E-state index in [1.54, 1.807) is 6.07 Å². The Hall–Kier alpha value is -1.47. The van der Waals surface area contributed by atoms with E-state index in [1.165, 1.54) is 11.8 Å². The second-order valence-corrected chi connectivity index (χ2v) is 4.51. The van der Waals surface area contributed by atoms with Crippen molar-refractivity contribution in [2.45, 2.75) is 19.1 Å². The van der Waals surface area contributed by atoms with Crippen molar-refractivity contribution in [3.05, 3.63) is 35.4 Å². The second-order valence-electron chi connectivity index (χ2n) is 3.53. The highest BCUT2D eigenvalue weighted by Gasteiger charge is 2.03. The molecular weight excluding hydrogens is 234 g/mol. The Bertz CT molecular complexity index is 412. The monoisotopic (exact) mass is 249 g/mol. The van der Waals surface area contributed by atoms with Crippen molar-refractivity contribution < 1.29 is 9.53 Å². The van der Waals surface area contributed by atoms with Gasteiger partial charge in [-0.15, -0.1) is 11.8 Å². The average Bonchev–Trinajstić information content (AvgIpc) is 2.36. The van der Waals surface area contributed by atoms with Gasteiger partial charge in [0.25, 0.3) is 0 Å². The number of carbonyl (C=O) groups excluding carboxylic acids is 1. The predicted octanol–water partition coefficient (Wildman–Crippen LogP) is 2.74. The third-order valence-electron chi connectivity index (χ3n) is 2.01. The highest BCUT2D eigenvalue weighted by molar-refractivity contribution is 7.99. The minimum absolute atomic E-state index is 0.173. The fourth-order valence-corrected chi connectivity index (χ4v) is 2.01. The molecule has 0 saturated carbocycles. The van der Waals surface area contributed by atoms with Crippen LogP contribution in [0.25, 0.3) is 0 Å². The van der Waals surface area contributed by atoms with Crippen LogP contribution in [0.2, 0.25) is 0 Å². The largest absolute Gasteiger partial charge is 0.465 e. The molecule has 0 saturated heterocycles. The molecule has 0 fully saturated rings. The predicted molar refractivity (Wildman–Crippen MR) is 68.6 cm³/mol. The van der Waals surface area contributed by atoms with Crippen LogP contribution < -0.4 is 0 Å². The number of hydrogen-bond acceptors (Lipinski definition) is 4. The summed E-state index contributed by atoms with van der Waals surface area (Å²) < 4.78 is 4.96. The van der Waals surface area contributed by atoms with E-state index in [0.717, 1.165) is 17.7 Å². The van der Waals surface area contributed by atoms with Crippen LogP contribution in [0.15, 0.2) is 24.3 Å². The van der Waals surface area contributed by atoms with Gasteiger partial charge in [-0.3, -0.25) is 4.79 Å². The van der Waals surface area contributed by atoms with Crippen molar-refractivity contribution in [1.29, 1.82) is 5.26 Å². The van der Waals surface area contributed by atoms with E-state index in [9.17, 15) is 4.79 Å². The van der Waals surface area contributed by atoms with E-state index in [4.69, 9.17) is 10.00 Å². The smallest absolute Gasteiger partial charge is 0.315 e. The number of carbonyl (C=O) groups is 1. The molecule has 0 heterocycles. The van der Waals surface area contributed by atoms with Crippen molar-refractivity contribution in [1.82, 2.24) is 0 Å². The van der Waals surface area contributed by atoms with Gasteiger partial charge in [-0.2, -0.15) is 5.26 Å². The number of rotatable bonds is 6. The molecule has 0 bridgehead atoms. The third kappa shape index (κ3) is 5.41. The highest BCUT2D eigenvalue weighted by Crippen LogP contribution is 2.13. The third-order valence-corrected chi connectivity index (χ3v) is 2.99. The average molecular weight is 249 g/mol. The molecule has 0 aliphatic rings. The topological polar surface area (TPSA) is 50.1 Å². The molecule has 17 heavy (non-hydrogen) atoms. The molecule has 0 atom stereocenters. The standard InChI is InChI=1S/C13H15NO2S/c1-2-6-16-13(15)10-17-9-12-5-3-4-11(7-12)8-14/h3-5,7H,2,6,9-10H2,1H3. The summed E-state index contributed by atoms with van der Waals surface area (Å²) in [6, 6.07) is 9.50. The van der Waals surface area contributed by atoms with Crippen molar-refractivity contribution in [2.75, 3.05) is 12.4 Å². The van der Waals surface area contributed by atoms with Gasteiger partial charge in [-0.05, 0) is 24.1 Å². The van der Waals surface area contributed by atoms with E-state index in [1.807, 2.05) is 25.1 Å². The summed E-state index contributed by atoms with van der Waals surface area (Å²) in [6.45, 7) is 2.46. The Labute approximate surface area is 106 Å². The molecule has 0 aliphatic carbocycles. The van der Waals surface area contributed by atoms with Gasteiger partial charge in [0.15, 0.2) is 0 Å². The first-order valence-corrected chi connectivity index (χ1v) is 6.64. The zero-order valence-electron chi connectivity index (χ0n) is 9.81. The van der Waals surface area contributed by atoms with Crippen LogP contribution in [-0.4, -0.2) is 18.3 Å². The molecule has 0 N–H and O–H groups in total. The van der Waals surface area contributed by atoms with Crippen LogP contribution >= 0.6 is 11.8 Å². The normalized spacial score (nSPS) is 9.65. The lowest BCUT2D eigenvalue weighted by molar-refractivity contribution is -0.140. The molecule has 1 aromatic carbocycles.